The summed E-state index contributed by atoms with van der Waals surface area (Å²) in [5, 5.41) is 5.82. The number of carbonyl (C=O) groups excluding carboxylic acids is 1. The standard InChI is InChI=1S/C24H23N3O4S2/c1-15-9-10-19(31-15)18-13-32-22-21(18)23(29)27(16-6-3-2-4-7-16)24(26-22)33-14-20(28)25-12-17-8-5-11-30-17/h2-4,6-7,9-10,13,17H,5,8,11-12,14H2,1H3,(H,25,28)/t17-/m0/s1. The number of thiophene rings is 1. The van der Waals surface area contributed by atoms with Gasteiger partial charge in [0.15, 0.2) is 5.16 Å². The molecule has 1 saturated heterocycles. The van der Waals surface area contributed by atoms with Gasteiger partial charge in [0.2, 0.25) is 5.91 Å². The number of thioether (sulfide) groups is 1. The molecule has 0 aliphatic carbocycles. The lowest BCUT2D eigenvalue weighted by Gasteiger charge is -2.13. The van der Waals surface area contributed by atoms with Crippen LogP contribution < -0.4 is 10.9 Å². The van der Waals surface area contributed by atoms with E-state index in [1.165, 1.54) is 23.1 Å². The maximum Gasteiger partial charge on any atom is 0.268 e. The van der Waals surface area contributed by atoms with Crippen molar-refractivity contribution in [2.75, 3.05) is 18.9 Å². The lowest BCUT2D eigenvalue weighted by atomic mass is 10.2. The van der Waals surface area contributed by atoms with E-state index in [1.54, 1.807) is 4.57 Å². The van der Waals surface area contributed by atoms with Crippen LogP contribution in [0.2, 0.25) is 0 Å². The van der Waals surface area contributed by atoms with E-state index in [9.17, 15) is 9.59 Å². The minimum Gasteiger partial charge on any atom is -0.461 e. The average molecular weight is 482 g/mol. The number of benzene rings is 1. The third kappa shape index (κ3) is 4.62. The number of amides is 1. The van der Waals surface area contributed by atoms with Crippen LogP contribution in [0.1, 0.15) is 18.6 Å². The second-order valence-corrected chi connectivity index (χ2v) is 9.64. The van der Waals surface area contributed by atoms with Crippen molar-refractivity contribution in [3.05, 3.63) is 64.0 Å². The van der Waals surface area contributed by atoms with Crippen molar-refractivity contribution >= 4 is 39.2 Å². The second kappa shape index (κ2) is 9.54. The zero-order valence-electron chi connectivity index (χ0n) is 18.1. The minimum absolute atomic E-state index is 0.0886. The first-order valence-electron chi connectivity index (χ1n) is 10.8. The molecule has 33 heavy (non-hydrogen) atoms. The topological polar surface area (TPSA) is 86.4 Å². The number of carbonyl (C=O) groups is 1. The molecule has 1 aliphatic rings. The van der Waals surface area contributed by atoms with Gasteiger partial charge in [0, 0.05) is 24.1 Å². The number of rotatable bonds is 7. The van der Waals surface area contributed by atoms with Crippen LogP contribution in [0.15, 0.2) is 62.2 Å². The predicted octanol–water partition coefficient (Wildman–Crippen LogP) is 4.40. The van der Waals surface area contributed by atoms with Crippen molar-refractivity contribution < 1.29 is 13.9 Å². The molecule has 0 radical (unpaired) electrons. The van der Waals surface area contributed by atoms with E-state index in [0.717, 1.165) is 30.8 Å². The molecule has 9 heteroatoms. The molecule has 3 aromatic heterocycles. The molecule has 1 fully saturated rings. The van der Waals surface area contributed by atoms with Crippen LogP contribution in [0, 0.1) is 6.92 Å². The molecular formula is C24H23N3O4S2. The van der Waals surface area contributed by atoms with Gasteiger partial charge < -0.3 is 14.5 Å². The average Bonchev–Trinajstić information content (AvgIpc) is 3.58. The van der Waals surface area contributed by atoms with E-state index < -0.39 is 0 Å². The van der Waals surface area contributed by atoms with Crippen LogP contribution in [0.5, 0.6) is 0 Å². The summed E-state index contributed by atoms with van der Waals surface area (Å²) in [5.41, 5.74) is 1.25. The van der Waals surface area contributed by atoms with Crippen LogP contribution >= 0.6 is 23.1 Å². The Balaban J connectivity index is 1.48. The molecule has 1 atom stereocenters. The Morgan fingerprint density at radius 2 is 2.12 bits per heavy atom. The minimum atomic E-state index is -0.182. The highest BCUT2D eigenvalue weighted by Crippen LogP contribution is 2.33. The maximum atomic E-state index is 13.7. The van der Waals surface area contributed by atoms with Crippen molar-refractivity contribution in [2.45, 2.75) is 31.0 Å². The third-order valence-electron chi connectivity index (χ3n) is 5.48. The van der Waals surface area contributed by atoms with Gasteiger partial charge in [0.05, 0.1) is 22.9 Å². The molecule has 170 valence electrons. The fraction of sp³-hybridized carbons (Fsp3) is 0.292. The first-order valence-corrected chi connectivity index (χ1v) is 12.6. The molecule has 7 nitrogen and oxygen atoms in total. The summed E-state index contributed by atoms with van der Waals surface area (Å²) < 4.78 is 12.9. The number of hydrogen-bond donors (Lipinski definition) is 1. The number of furan rings is 1. The van der Waals surface area contributed by atoms with E-state index in [2.05, 4.69) is 5.32 Å². The number of hydrogen-bond acceptors (Lipinski definition) is 7. The summed E-state index contributed by atoms with van der Waals surface area (Å²) in [6, 6.07) is 13.1. The van der Waals surface area contributed by atoms with Crippen molar-refractivity contribution in [3.8, 4) is 17.0 Å². The number of nitrogens with zero attached hydrogens (tertiary/aromatic N) is 2. The Labute approximate surface area is 198 Å². The predicted molar refractivity (Wildman–Crippen MR) is 130 cm³/mol. The van der Waals surface area contributed by atoms with Crippen LogP contribution in [0.4, 0.5) is 0 Å². The summed E-state index contributed by atoms with van der Waals surface area (Å²) in [4.78, 5) is 31.6. The molecule has 1 N–H and O–H groups in total. The van der Waals surface area contributed by atoms with Gasteiger partial charge in [-0.15, -0.1) is 11.3 Å². The van der Waals surface area contributed by atoms with E-state index in [-0.39, 0.29) is 23.3 Å². The Kier molecular flexibility index (Phi) is 6.34. The normalized spacial score (nSPS) is 15.8. The van der Waals surface area contributed by atoms with Crippen LogP contribution in [0.25, 0.3) is 27.2 Å². The Morgan fingerprint density at radius 1 is 1.27 bits per heavy atom. The van der Waals surface area contributed by atoms with E-state index in [4.69, 9.17) is 14.1 Å². The summed E-state index contributed by atoms with van der Waals surface area (Å²) in [7, 11) is 0. The van der Waals surface area contributed by atoms with Crippen LogP contribution in [-0.2, 0) is 9.53 Å². The van der Waals surface area contributed by atoms with Crippen LogP contribution in [-0.4, -0.2) is 40.5 Å². The zero-order valence-corrected chi connectivity index (χ0v) is 19.7. The monoisotopic (exact) mass is 481 g/mol. The number of aryl methyl sites for hydroxylation is 1. The summed E-state index contributed by atoms with van der Waals surface area (Å²) in [6.07, 6.45) is 2.09. The van der Waals surface area contributed by atoms with E-state index >= 15 is 0 Å². The third-order valence-corrected chi connectivity index (χ3v) is 7.29. The van der Waals surface area contributed by atoms with Gasteiger partial charge in [-0.3, -0.25) is 14.2 Å². The highest BCUT2D eigenvalue weighted by Gasteiger charge is 2.21. The molecular weight excluding hydrogens is 458 g/mol. The van der Waals surface area contributed by atoms with Gasteiger partial charge in [0.1, 0.15) is 16.4 Å². The van der Waals surface area contributed by atoms with Gasteiger partial charge in [-0.05, 0) is 44.0 Å². The molecule has 0 bridgehead atoms. The SMILES string of the molecule is Cc1ccc(-c2csc3nc(SCC(=O)NC[C@@H]4CCCO4)n(-c4ccccc4)c(=O)c23)o1. The highest BCUT2D eigenvalue weighted by molar-refractivity contribution is 7.99. The molecule has 4 aromatic rings. The van der Waals surface area contributed by atoms with Crippen LogP contribution in [0.3, 0.4) is 0 Å². The van der Waals surface area contributed by atoms with Crippen molar-refractivity contribution in [2.24, 2.45) is 0 Å². The van der Waals surface area contributed by atoms with Crippen molar-refractivity contribution in [1.82, 2.24) is 14.9 Å². The first-order chi connectivity index (χ1) is 16.1. The molecule has 1 amide bonds. The number of ether oxygens (including phenoxy) is 1. The molecule has 1 aliphatic heterocycles. The maximum absolute atomic E-state index is 13.7. The van der Waals surface area contributed by atoms with Gasteiger partial charge in [0.25, 0.3) is 5.56 Å². The fourth-order valence-corrected chi connectivity index (χ4v) is 5.66. The molecule has 5 rings (SSSR count). The molecule has 1 aromatic carbocycles. The summed E-state index contributed by atoms with van der Waals surface area (Å²) >= 11 is 2.65. The van der Waals surface area contributed by atoms with E-state index in [1.807, 2.05) is 54.8 Å². The quantitative estimate of drug-likeness (QED) is 0.311. The molecule has 0 spiro atoms. The lowest BCUT2D eigenvalue weighted by Crippen LogP contribution is -2.33. The number of para-hydroxylation sites is 1. The van der Waals surface area contributed by atoms with Gasteiger partial charge in [-0.1, -0.05) is 30.0 Å². The van der Waals surface area contributed by atoms with E-state index in [0.29, 0.717) is 33.4 Å². The highest BCUT2D eigenvalue weighted by atomic mass is 32.2. The summed E-state index contributed by atoms with van der Waals surface area (Å²) in [6.45, 7) is 3.13. The Hall–Kier alpha value is -2.88. The number of aromatic nitrogens is 2. The fourth-order valence-electron chi connectivity index (χ4n) is 3.85. The summed E-state index contributed by atoms with van der Waals surface area (Å²) in [5.74, 6) is 1.48. The zero-order chi connectivity index (χ0) is 22.8. The first kappa shape index (κ1) is 21.9. The molecule has 4 heterocycles. The van der Waals surface area contributed by atoms with Crippen molar-refractivity contribution in [1.29, 1.82) is 0 Å². The van der Waals surface area contributed by atoms with Gasteiger partial charge in [-0.2, -0.15) is 0 Å². The largest absolute Gasteiger partial charge is 0.461 e. The second-order valence-electron chi connectivity index (χ2n) is 7.84. The van der Waals surface area contributed by atoms with Crippen molar-refractivity contribution in [3.63, 3.8) is 0 Å². The Morgan fingerprint density at radius 3 is 2.85 bits per heavy atom. The number of fused-ring (bicyclic) bond motifs is 1. The molecule has 0 saturated carbocycles. The number of nitrogens with one attached hydrogen (secondary N) is 1. The van der Waals surface area contributed by atoms with Gasteiger partial charge in [-0.25, -0.2) is 4.98 Å². The Bertz CT molecular complexity index is 1340. The van der Waals surface area contributed by atoms with Gasteiger partial charge >= 0.3 is 0 Å². The molecule has 0 unspecified atom stereocenters. The smallest absolute Gasteiger partial charge is 0.268 e. The lowest BCUT2D eigenvalue weighted by molar-refractivity contribution is -0.119.